The molecular weight excluding hydrogens is 264 g/mol. The van der Waals surface area contributed by atoms with Crippen LogP contribution in [0.5, 0.6) is 11.5 Å². The van der Waals surface area contributed by atoms with Crippen molar-refractivity contribution < 1.29 is 9.84 Å². The molecule has 0 saturated carbocycles. The number of nitrogen functional groups attached to an aromatic ring is 1. The molecule has 0 spiro atoms. The normalized spacial score (nSPS) is 10.4. The zero-order valence-electron chi connectivity index (χ0n) is 12.8. The Balaban J connectivity index is 2.26. The molecule has 4 nitrogen and oxygen atoms in total. The number of benzene rings is 2. The predicted octanol–water partition coefficient (Wildman–Crippen LogP) is 3.32. The lowest BCUT2D eigenvalue weighted by Gasteiger charge is -2.25. The molecule has 3 N–H and O–H groups in total. The van der Waals surface area contributed by atoms with Crippen LogP contribution in [0.3, 0.4) is 0 Å². The number of aromatic hydroxyl groups is 1. The fourth-order valence-corrected chi connectivity index (χ4v) is 2.41. The molecule has 0 saturated heterocycles. The lowest BCUT2D eigenvalue weighted by atomic mass is 10.1. The average molecular weight is 286 g/mol. The van der Waals surface area contributed by atoms with E-state index in [1.54, 1.807) is 19.2 Å². The van der Waals surface area contributed by atoms with Crippen molar-refractivity contribution in [1.29, 1.82) is 0 Å². The van der Waals surface area contributed by atoms with Crippen molar-refractivity contribution in [2.24, 2.45) is 0 Å². The Morgan fingerprint density at radius 2 is 1.95 bits per heavy atom. The zero-order valence-corrected chi connectivity index (χ0v) is 12.8. The van der Waals surface area contributed by atoms with Crippen LogP contribution in [0, 0.1) is 6.92 Å². The molecule has 0 bridgehead atoms. The van der Waals surface area contributed by atoms with E-state index in [-0.39, 0.29) is 5.75 Å². The summed E-state index contributed by atoms with van der Waals surface area (Å²) in [5.41, 5.74) is 9.87. The summed E-state index contributed by atoms with van der Waals surface area (Å²) in [6, 6.07) is 11.3. The van der Waals surface area contributed by atoms with Crippen LogP contribution in [0.2, 0.25) is 0 Å². The SMILES string of the molecule is CCN(Cc1ccc(OC)c(N)c1)c1cc(O)ccc1C. The van der Waals surface area contributed by atoms with Gasteiger partial charge in [-0.05, 0) is 43.2 Å². The van der Waals surface area contributed by atoms with E-state index in [4.69, 9.17) is 10.5 Å². The van der Waals surface area contributed by atoms with Crippen LogP contribution in [0.25, 0.3) is 0 Å². The van der Waals surface area contributed by atoms with E-state index in [1.807, 2.05) is 31.2 Å². The second-order valence-electron chi connectivity index (χ2n) is 5.06. The summed E-state index contributed by atoms with van der Waals surface area (Å²) in [7, 11) is 1.61. The lowest BCUT2D eigenvalue weighted by Crippen LogP contribution is -2.22. The van der Waals surface area contributed by atoms with Crippen LogP contribution in [0.1, 0.15) is 18.1 Å². The molecular formula is C17H22N2O2. The van der Waals surface area contributed by atoms with Gasteiger partial charge in [0.2, 0.25) is 0 Å². The summed E-state index contributed by atoms with van der Waals surface area (Å²) in [6.07, 6.45) is 0. The molecule has 0 aromatic heterocycles. The summed E-state index contributed by atoms with van der Waals surface area (Å²) in [5, 5.41) is 9.70. The predicted molar refractivity (Wildman–Crippen MR) is 87.0 cm³/mol. The minimum Gasteiger partial charge on any atom is -0.508 e. The molecule has 0 aliphatic heterocycles. The number of anilines is 2. The molecule has 0 unspecified atom stereocenters. The number of phenolic OH excluding ortho intramolecular Hbond substituents is 1. The quantitative estimate of drug-likeness (QED) is 0.828. The van der Waals surface area contributed by atoms with E-state index in [0.717, 1.165) is 29.9 Å². The highest BCUT2D eigenvalue weighted by Crippen LogP contribution is 2.28. The van der Waals surface area contributed by atoms with Gasteiger partial charge in [0.15, 0.2) is 0 Å². The third-order valence-electron chi connectivity index (χ3n) is 3.58. The van der Waals surface area contributed by atoms with Crippen molar-refractivity contribution in [2.75, 3.05) is 24.3 Å². The van der Waals surface area contributed by atoms with Crippen molar-refractivity contribution in [1.82, 2.24) is 0 Å². The van der Waals surface area contributed by atoms with E-state index in [1.165, 1.54) is 0 Å². The van der Waals surface area contributed by atoms with Gasteiger partial charge in [-0.2, -0.15) is 0 Å². The fraction of sp³-hybridized carbons (Fsp3) is 0.294. The third-order valence-corrected chi connectivity index (χ3v) is 3.58. The molecule has 4 heteroatoms. The first kappa shape index (κ1) is 15.0. The maximum absolute atomic E-state index is 9.70. The molecule has 0 radical (unpaired) electrons. The van der Waals surface area contributed by atoms with Gasteiger partial charge >= 0.3 is 0 Å². The first-order chi connectivity index (χ1) is 10.0. The number of nitrogens with zero attached hydrogens (tertiary/aromatic N) is 1. The van der Waals surface area contributed by atoms with Crippen LogP contribution >= 0.6 is 0 Å². The fourth-order valence-electron chi connectivity index (χ4n) is 2.41. The van der Waals surface area contributed by atoms with Crippen LogP contribution in [0.4, 0.5) is 11.4 Å². The second kappa shape index (κ2) is 6.39. The molecule has 0 aliphatic rings. The molecule has 0 aliphatic carbocycles. The lowest BCUT2D eigenvalue weighted by molar-refractivity contribution is 0.417. The monoisotopic (exact) mass is 286 g/mol. The summed E-state index contributed by atoms with van der Waals surface area (Å²) >= 11 is 0. The van der Waals surface area contributed by atoms with Crippen LogP contribution in [0.15, 0.2) is 36.4 Å². The number of nitrogens with two attached hydrogens (primary N) is 1. The number of rotatable bonds is 5. The van der Waals surface area contributed by atoms with Crippen molar-refractivity contribution >= 4 is 11.4 Å². The van der Waals surface area contributed by atoms with Gasteiger partial charge in [0, 0.05) is 24.8 Å². The second-order valence-corrected chi connectivity index (χ2v) is 5.06. The topological polar surface area (TPSA) is 58.7 Å². The summed E-state index contributed by atoms with van der Waals surface area (Å²) in [4.78, 5) is 2.20. The molecule has 0 heterocycles. The summed E-state index contributed by atoms with van der Waals surface area (Å²) in [5.74, 6) is 0.971. The van der Waals surface area contributed by atoms with Crippen molar-refractivity contribution in [3.05, 3.63) is 47.5 Å². The van der Waals surface area contributed by atoms with Crippen LogP contribution in [-0.2, 0) is 6.54 Å². The van der Waals surface area contributed by atoms with Gasteiger partial charge in [-0.15, -0.1) is 0 Å². The van der Waals surface area contributed by atoms with Gasteiger partial charge in [0.1, 0.15) is 11.5 Å². The highest BCUT2D eigenvalue weighted by Gasteiger charge is 2.10. The molecule has 0 fully saturated rings. The van der Waals surface area contributed by atoms with Crippen LogP contribution in [-0.4, -0.2) is 18.8 Å². The van der Waals surface area contributed by atoms with Gasteiger partial charge < -0.3 is 20.5 Å². The average Bonchev–Trinajstić information content (AvgIpc) is 2.47. The number of methoxy groups -OCH3 is 1. The Hall–Kier alpha value is -2.36. The minimum atomic E-state index is 0.281. The maximum Gasteiger partial charge on any atom is 0.141 e. The van der Waals surface area contributed by atoms with E-state index < -0.39 is 0 Å². The Kier molecular flexibility index (Phi) is 4.58. The largest absolute Gasteiger partial charge is 0.508 e. The number of phenols is 1. The molecule has 0 amide bonds. The molecule has 21 heavy (non-hydrogen) atoms. The number of ether oxygens (including phenoxy) is 1. The first-order valence-electron chi connectivity index (χ1n) is 7.02. The Labute approximate surface area is 125 Å². The van der Waals surface area contributed by atoms with Gasteiger partial charge in [0.05, 0.1) is 12.8 Å². The van der Waals surface area contributed by atoms with Crippen molar-refractivity contribution in [2.45, 2.75) is 20.4 Å². The Bertz CT molecular complexity index is 626. The van der Waals surface area contributed by atoms with E-state index in [2.05, 4.69) is 11.8 Å². The highest BCUT2D eigenvalue weighted by molar-refractivity contribution is 5.58. The van der Waals surface area contributed by atoms with Gasteiger partial charge in [0.25, 0.3) is 0 Å². The summed E-state index contributed by atoms with van der Waals surface area (Å²) < 4.78 is 5.18. The maximum atomic E-state index is 9.70. The van der Waals surface area contributed by atoms with E-state index in [9.17, 15) is 5.11 Å². The van der Waals surface area contributed by atoms with E-state index in [0.29, 0.717) is 11.4 Å². The molecule has 2 rings (SSSR count). The summed E-state index contributed by atoms with van der Waals surface area (Å²) in [6.45, 7) is 5.71. The zero-order chi connectivity index (χ0) is 15.4. The number of hydrogen-bond donors (Lipinski definition) is 2. The molecule has 112 valence electrons. The smallest absolute Gasteiger partial charge is 0.141 e. The Morgan fingerprint density at radius 1 is 1.19 bits per heavy atom. The first-order valence-corrected chi connectivity index (χ1v) is 7.02. The number of hydrogen-bond acceptors (Lipinski definition) is 4. The standard InChI is InChI=1S/C17H22N2O2/c1-4-19(16-10-14(20)7-5-12(16)2)11-13-6-8-17(21-3)15(18)9-13/h5-10,20H,4,11,18H2,1-3H3. The van der Waals surface area contributed by atoms with Gasteiger partial charge in [-0.25, -0.2) is 0 Å². The third kappa shape index (κ3) is 3.40. The van der Waals surface area contributed by atoms with Gasteiger partial charge in [-0.3, -0.25) is 0 Å². The van der Waals surface area contributed by atoms with Gasteiger partial charge in [-0.1, -0.05) is 12.1 Å². The van der Waals surface area contributed by atoms with Crippen LogP contribution < -0.4 is 15.4 Å². The Morgan fingerprint density at radius 3 is 2.57 bits per heavy atom. The number of aryl methyl sites for hydroxylation is 1. The minimum absolute atomic E-state index is 0.281. The van der Waals surface area contributed by atoms with Crippen molar-refractivity contribution in [3.8, 4) is 11.5 Å². The highest BCUT2D eigenvalue weighted by atomic mass is 16.5. The molecule has 2 aromatic carbocycles. The van der Waals surface area contributed by atoms with E-state index >= 15 is 0 Å². The van der Waals surface area contributed by atoms with Crippen molar-refractivity contribution in [3.63, 3.8) is 0 Å². The molecule has 2 aromatic rings. The molecule has 0 atom stereocenters.